The molecule has 0 amide bonds. The molecule has 8 heteroatoms. The predicted molar refractivity (Wildman–Crippen MR) is 125 cm³/mol. The molecule has 32 heavy (non-hydrogen) atoms. The minimum Gasteiger partial charge on any atom is -0.491 e. The Bertz CT molecular complexity index is 1200. The summed E-state index contributed by atoms with van der Waals surface area (Å²) in [6, 6.07) is 20.1. The van der Waals surface area contributed by atoms with Gasteiger partial charge in [-0.25, -0.2) is 4.98 Å². The molecule has 2 N–H and O–H groups in total. The number of nitrogens with two attached hydrogens (primary N) is 1. The van der Waals surface area contributed by atoms with E-state index in [0.717, 1.165) is 16.9 Å². The number of imidazole rings is 1. The van der Waals surface area contributed by atoms with E-state index in [4.69, 9.17) is 26.8 Å². The van der Waals surface area contributed by atoms with Gasteiger partial charge in [-0.05, 0) is 24.1 Å². The van der Waals surface area contributed by atoms with Gasteiger partial charge in [-0.1, -0.05) is 72.3 Å². The van der Waals surface area contributed by atoms with Crippen molar-refractivity contribution in [2.75, 3.05) is 5.73 Å². The molecule has 1 atom stereocenters. The number of hydrogen-bond donors (Lipinski definition) is 1. The number of nitrogen functional groups attached to an aromatic ring is 1. The first kappa shape index (κ1) is 21.8. The molecule has 0 bridgehead atoms. The van der Waals surface area contributed by atoms with Gasteiger partial charge in [0, 0.05) is 6.54 Å². The zero-order chi connectivity index (χ0) is 22.3. The summed E-state index contributed by atoms with van der Waals surface area (Å²) in [7, 11) is 0. The van der Waals surface area contributed by atoms with Crippen molar-refractivity contribution >= 4 is 28.7 Å². The molecule has 0 radical (unpaired) electrons. The smallest absolute Gasteiger partial charge is 0.223 e. The fourth-order valence-corrected chi connectivity index (χ4v) is 3.43. The second kappa shape index (κ2) is 10.3. The maximum absolute atomic E-state index is 6.16. The van der Waals surface area contributed by atoms with Crippen LogP contribution in [0.3, 0.4) is 0 Å². The van der Waals surface area contributed by atoms with Crippen molar-refractivity contribution in [1.29, 1.82) is 0 Å². The summed E-state index contributed by atoms with van der Waals surface area (Å²) in [5.41, 5.74) is 9.01. The third-order valence-electron chi connectivity index (χ3n) is 4.92. The SMILES string of the molecule is CC(OCc1ccccc1)C(=CCn1cnc2c(Cl)nc(N)nc21)OCc1ccccc1. The molecule has 0 spiro atoms. The summed E-state index contributed by atoms with van der Waals surface area (Å²) in [4.78, 5) is 12.5. The third kappa shape index (κ3) is 5.43. The first-order valence-corrected chi connectivity index (χ1v) is 10.6. The molecule has 0 aliphatic heterocycles. The Hall–Kier alpha value is -3.42. The number of aromatic nitrogens is 4. The molecule has 4 rings (SSSR count). The molecule has 1 unspecified atom stereocenters. The van der Waals surface area contributed by atoms with Gasteiger partial charge in [0.1, 0.15) is 24.0 Å². The normalized spacial score (nSPS) is 12.8. The van der Waals surface area contributed by atoms with Gasteiger partial charge in [0.25, 0.3) is 0 Å². The minimum absolute atomic E-state index is 0.105. The van der Waals surface area contributed by atoms with Crippen molar-refractivity contribution in [3.05, 3.63) is 95.1 Å². The zero-order valence-electron chi connectivity index (χ0n) is 17.7. The summed E-state index contributed by atoms with van der Waals surface area (Å²) in [5.74, 6) is 0.827. The number of benzene rings is 2. The third-order valence-corrected chi connectivity index (χ3v) is 5.18. The second-order valence-corrected chi connectivity index (χ2v) is 7.62. The van der Waals surface area contributed by atoms with E-state index >= 15 is 0 Å². The Balaban J connectivity index is 1.52. The number of fused-ring (bicyclic) bond motifs is 1. The first-order chi connectivity index (χ1) is 15.6. The number of hydrogen-bond acceptors (Lipinski definition) is 6. The number of ether oxygens (including phenoxy) is 2. The number of rotatable bonds is 9. The fraction of sp³-hybridized carbons (Fsp3) is 0.208. The van der Waals surface area contributed by atoms with E-state index in [1.807, 2.05) is 78.2 Å². The van der Waals surface area contributed by atoms with E-state index in [2.05, 4.69) is 15.0 Å². The molecule has 0 saturated heterocycles. The number of anilines is 1. The standard InChI is InChI=1S/C24H24ClN5O2/c1-17(31-14-18-8-4-2-5-9-18)20(32-15-19-10-6-3-7-11-19)12-13-30-16-27-21-22(25)28-24(26)29-23(21)30/h2-12,16-17H,13-15H2,1H3,(H2,26,28,29). The van der Waals surface area contributed by atoms with Crippen LogP contribution in [0.15, 0.2) is 78.8 Å². The Morgan fingerprint density at radius 3 is 2.38 bits per heavy atom. The lowest BCUT2D eigenvalue weighted by Crippen LogP contribution is -2.15. The van der Waals surface area contributed by atoms with Crippen LogP contribution < -0.4 is 5.73 Å². The summed E-state index contributed by atoms with van der Waals surface area (Å²) >= 11 is 6.14. The monoisotopic (exact) mass is 449 g/mol. The highest BCUT2D eigenvalue weighted by atomic mass is 35.5. The molecule has 0 fully saturated rings. The number of halogens is 1. The maximum atomic E-state index is 6.16. The fourth-order valence-electron chi connectivity index (χ4n) is 3.21. The van der Waals surface area contributed by atoms with Crippen LogP contribution >= 0.6 is 11.6 Å². The molecule has 7 nitrogen and oxygen atoms in total. The van der Waals surface area contributed by atoms with Gasteiger partial charge < -0.3 is 19.8 Å². The van der Waals surface area contributed by atoms with Crippen molar-refractivity contribution in [2.24, 2.45) is 0 Å². The Labute approximate surface area is 191 Å². The Morgan fingerprint density at radius 2 is 1.69 bits per heavy atom. The van der Waals surface area contributed by atoms with Crippen LogP contribution in [-0.2, 0) is 29.2 Å². The van der Waals surface area contributed by atoms with Gasteiger partial charge in [0.15, 0.2) is 10.8 Å². The summed E-state index contributed by atoms with van der Waals surface area (Å²) in [6.45, 7) is 3.37. The molecule has 0 aliphatic rings. The summed E-state index contributed by atoms with van der Waals surface area (Å²) in [6.07, 6.45) is 3.37. The van der Waals surface area contributed by atoms with E-state index in [9.17, 15) is 0 Å². The molecule has 0 aliphatic carbocycles. The quantitative estimate of drug-likeness (QED) is 0.292. The van der Waals surface area contributed by atoms with Crippen molar-refractivity contribution < 1.29 is 9.47 Å². The van der Waals surface area contributed by atoms with Crippen LogP contribution in [0, 0.1) is 0 Å². The van der Waals surface area contributed by atoms with E-state index in [1.165, 1.54) is 0 Å². The van der Waals surface area contributed by atoms with Crippen LogP contribution in [0.4, 0.5) is 5.95 Å². The van der Waals surface area contributed by atoms with Gasteiger partial charge in [0.2, 0.25) is 5.95 Å². The van der Waals surface area contributed by atoms with Crippen LogP contribution in [0.25, 0.3) is 11.2 Å². The largest absolute Gasteiger partial charge is 0.491 e. The number of nitrogens with zero attached hydrogens (tertiary/aromatic N) is 4. The number of allylic oxidation sites excluding steroid dienone is 1. The average molecular weight is 450 g/mol. The topological polar surface area (TPSA) is 88.1 Å². The lowest BCUT2D eigenvalue weighted by Gasteiger charge is -2.19. The second-order valence-electron chi connectivity index (χ2n) is 7.26. The highest BCUT2D eigenvalue weighted by Crippen LogP contribution is 2.20. The van der Waals surface area contributed by atoms with Crippen molar-refractivity contribution in [3.63, 3.8) is 0 Å². The van der Waals surface area contributed by atoms with Crippen LogP contribution in [-0.4, -0.2) is 25.6 Å². The molecule has 2 heterocycles. The Morgan fingerprint density at radius 1 is 1.03 bits per heavy atom. The van der Waals surface area contributed by atoms with E-state index in [1.54, 1.807) is 6.33 Å². The van der Waals surface area contributed by atoms with E-state index in [-0.39, 0.29) is 17.2 Å². The van der Waals surface area contributed by atoms with E-state index in [0.29, 0.717) is 30.9 Å². The van der Waals surface area contributed by atoms with Crippen molar-refractivity contribution in [2.45, 2.75) is 32.8 Å². The van der Waals surface area contributed by atoms with Crippen molar-refractivity contribution in [3.8, 4) is 0 Å². The van der Waals surface area contributed by atoms with Gasteiger partial charge in [-0.2, -0.15) is 9.97 Å². The van der Waals surface area contributed by atoms with Crippen LogP contribution in [0.2, 0.25) is 5.15 Å². The van der Waals surface area contributed by atoms with E-state index < -0.39 is 0 Å². The first-order valence-electron chi connectivity index (χ1n) is 10.3. The van der Waals surface area contributed by atoms with Crippen LogP contribution in [0.1, 0.15) is 18.1 Å². The average Bonchev–Trinajstić information content (AvgIpc) is 3.22. The Kier molecular flexibility index (Phi) is 6.99. The van der Waals surface area contributed by atoms with Crippen LogP contribution in [0.5, 0.6) is 0 Å². The van der Waals surface area contributed by atoms with Crippen molar-refractivity contribution in [1.82, 2.24) is 19.5 Å². The highest BCUT2D eigenvalue weighted by molar-refractivity contribution is 6.33. The lowest BCUT2D eigenvalue weighted by molar-refractivity contribution is 0.0256. The molecule has 4 aromatic rings. The maximum Gasteiger partial charge on any atom is 0.223 e. The van der Waals surface area contributed by atoms with Gasteiger partial charge in [0.05, 0.1) is 12.9 Å². The summed E-state index contributed by atoms with van der Waals surface area (Å²) < 4.78 is 14.1. The van der Waals surface area contributed by atoms with Gasteiger partial charge in [-0.15, -0.1) is 0 Å². The minimum atomic E-state index is -0.253. The summed E-state index contributed by atoms with van der Waals surface area (Å²) in [5, 5.41) is 0.232. The lowest BCUT2D eigenvalue weighted by atomic mass is 10.2. The molecule has 2 aromatic heterocycles. The van der Waals surface area contributed by atoms with Gasteiger partial charge >= 0.3 is 0 Å². The predicted octanol–water partition coefficient (Wildman–Crippen LogP) is 4.77. The molecule has 164 valence electrons. The highest BCUT2D eigenvalue weighted by Gasteiger charge is 2.14. The molecule has 2 aromatic carbocycles. The molecule has 0 saturated carbocycles. The zero-order valence-corrected chi connectivity index (χ0v) is 18.4. The molecular formula is C24H24ClN5O2. The van der Waals surface area contributed by atoms with Gasteiger partial charge in [-0.3, -0.25) is 0 Å². The molecular weight excluding hydrogens is 426 g/mol.